The molecule has 2 aromatic carbocycles. The molecule has 1 aliphatic rings. The number of tetrazole rings is 1. The molecule has 3 aromatic rings. The van der Waals surface area contributed by atoms with E-state index < -0.39 is 0 Å². The fraction of sp³-hybridized carbons (Fsp3) is 0.440. The molecule has 8 heteroatoms. The zero-order chi connectivity index (χ0) is 23.4. The molecule has 1 saturated heterocycles. The van der Waals surface area contributed by atoms with E-state index in [-0.39, 0.29) is 17.9 Å². The van der Waals surface area contributed by atoms with Gasteiger partial charge in [-0.2, -0.15) is 4.68 Å². The summed E-state index contributed by atoms with van der Waals surface area (Å²) in [7, 11) is 0. The molecule has 1 aromatic heterocycles. The van der Waals surface area contributed by atoms with Crippen molar-refractivity contribution in [3.63, 3.8) is 0 Å². The maximum atomic E-state index is 13.3. The molecular weight excluding hydrogens is 416 g/mol. The Morgan fingerprint density at radius 1 is 1.06 bits per heavy atom. The minimum Gasteiger partial charge on any atom is -0.379 e. The highest BCUT2D eigenvalue weighted by Crippen LogP contribution is 2.26. The fourth-order valence-corrected chi connectivity index (χ4v) is 4.04. The van der Waals surface area contributed by atoms with Crippen LogP contribution in [0.2, 0.25) is 0 Å². The number of ether oxygens (including phenoxy) is 1. The fourth-order valence-electron chi connectivity index (χ4n) is 4.04. The van der Waals surface area contributed by atoms with Crippen LogP contribution in [-0.4, -0.2) is 69.9 Å². The van der Waals surface area contributed by atoms with Crippen LogP contribution in [0.15, 0.2) is 42.5 Å². The molecule has 33 heavy (non-hydrogen) atoms. The number of aromatic nitrogens is 4. The molecule has 2 heterocycles. The van der Waals surface area contributed by atoms with Crippen LogP contribution in [-0.2, 0) is 4.74 Å². The Morgan fingerprint density at radius 2 is 1.79 bits per heavy atom. The van der Waals surface area contributed by atoms with Gasteiger partial charge in [0, 0.05) is 37.2 Å². The van der Waals surface area contributed by atoms with Gasteiger partial charge in [-0.3, -0.25) is 9.69 Å². The van der Waals surface area contributed by atoms with Crippen molar-refractivity contribution in [1.29, 1.82) is 0 Å². The summed E-state index contributed by atoms with van der Waals surface area (Å²) in [6, 6.07) is 14.1. The number of rotatable bonds is 7. The number of hydrogen-bond acceptors (Lipinski definition) is 6. The van der Waals surface area contributed by atoms with E-state index >= 15 is 0 Å². The smallest absolute Gasteiger partial charge is 0.251 e. The standard InChI is InChI=1S/C25H32N6O2/c1-17(2)24-27-28-29-31(24)23-14-21(20-7-5-18(3)6-8-20)13-22(15-23)25(32)26-19(4)16-30-9-11-33-12-10-30/h5-8,13-15,17,19H,9-12,16H2,1-4H3,(H,26,32)/t19-/m1/s1. The van der Waals surface area contributed by atoms with Gasteiger partial charge < -0.3 is 10.1 Å². The lowest BCUT2D eigenvalue weighted by Crippen LogP contribution is -2.46. The quantitative estimate of drug-likeness (QED) is 0.597. The summed E-state index contributed by atoms with van der Waals surface area (Å²) in [4.78, 5) is 15.6. The first kappa shape index (κ1) is 23.1. The van der Waals surface area contributed by atoms with Crippen LogP contribution in [0.3, 0.4) is 0 Å². The van der Waals surface area contributed by atoms with E-state index in [9.17, 15) is 4.79 Å². The van der Waals surface area contributed by atoms with Gasteiger partial charge in [0.25, 0.3) is 5.91 Å². The van der Waals surface area contributed by atoms with Gasteiger partial charge in [-0.05, 0) is 53.6 Å². The number of carbonyl (C=O) groups excluding carboxylic acids is 1. The van der Waals surface area contributed by atoms with Gasteiger partial charge in [-0.15, -0.1) is 5.10 Å². The molecule has 0 unspecified atom stereocenters. The monoisotopic (exact) mass is 448 g/mol. The van der Waals surface area contributed by atoms with Crippen molar-refractivity contribution in [2.24, 2.45) is 0 Å². The predicted octanol–water partition coefficient (Wildman–Crippen LogP) is 3.21. The van der Waals surface area contributed by atoms with Gasteiger partial charge in [0.15, 0.2) is 5.82 Å². The molecule has 0 bridgehead atoms. The van der Waals surface area contributed by atoms with Crippen LogP contribution in [0.1, 0.15) is 48.4 Å². The van der Waals surface area contributed by atoms with E-state index in [0.29, 0.717) is 5.56 Å². The second-order valence-corrected chi connectivity index (χ2v) is 9.03. The number of benzene rings is 2. The predicted molar refractivity (Wildman–Crippen MR) is 128 cm³/mol. The van der Waals surface area contributed by atoms with Gasteiger partial charge >= 0.3 is 0 Å². The number of carbonyl (C=O) groups is 1. The van der Waals surface area contributed by atoms with Crippen LogP contribution in [0.25, 0.3) is 16.8 Å². The van der Waals surface area contributed by atoms with E-state index in [1.807, 2.05) is 39.0 Å². The number of nitrogens with one attached hydrogen (secondary N) is 1. The van der Waals surface area contributed by atoms with Crippen LogP contribution in [0.4, 0.5) is 0 Å². The summed E-state index contributed by atoms with van der Waals surface area (Å²) in [6.07, 6.45) is 0. The van der Waals surface area contributed by atoms with Crippen LogP contribution >= 0.6 is 0 Å². The van der Waals surface area contributed by atoms with E-state index in [0.717, 1.165) is 55.5 Å². The summed E-state index contributed by atoms with van der Waals surface area (Å²) < 4.78 is 7.14. The van der Waals surface area contributed by atoms with Crippen LogP contribution in [0, 0.1) is 6.92 Å². The van der Waals surface area contributed by atoms with Gasteiger partial charge in [-0.25, -0.2) is 0 Å². The minimum absolute atomic E-state index is 0.0151. The molecular formula is C25H32N6O2. The lowest BCUT2D eigenvalue weighted by Gasteiger charge is -2.29. The Hall–Kier alpha value is -3.10. The van der Waals surface area contributed by atoms with Crippen molar-refractivity contribution in [1.82, 2.24) is 30.4 Å². The van der Waals surface area contributed by atoms with Crippen LogP contribution < -0.4 is 5.32 Å². The van der Waals surface area contributed by atoms with Crippen molar-refractivity contribution < 1.29 is 9.53 Å². The highest BCUT2D eigenvalue weighted by atomic mass is 16.5. The Labute approximate surface area is 194 Å². The topological polar surface area (TPSA) is 85.2 Å². The Balaban J connectivity index is 1.64. The van der Waals surface area contributed by atoms with E-state index in [2.05, 4.69) is 56.9 Å². The normalized spacial score (nSPS) is 15.5. The van der Waals surface area contributed by atoms with Crippen molar-refractivity contribution in [2.45, 2.75) is 39.7 Å². The highest BCUT2D eigenvalue weighted by Gasteiger charge is 2.19. The van der Waals surface area contributed by atoms with Crippen molar-refractivity contribution >= 4 is 5.91 Å². The Morgan fingerprint density at radius 3 is 2.48 bits per heavy atom. The minimum atomic E-state index is -0.106. The number of amides is 1. The zero-order valence-electron chi connectivity index (χ0n) is 19.8. The maximum absolute atomic E-state index is 13.3. The second-order valence-electron chi connectivity index (χ2n) is 9.03. The molecule has 1 N–H and O–H groups in total. The number of aryl methyl sites for hydroxylation is 1. The average Bonchev–Trinajstić information content (AvgIpc) is 3.30. The third kappa shape index (κ3) is 5.64. The molecule has 1 amide bonds. The van der Waals surface area contributed by atoms with E-state index in [1.165, 1.54) is 5.56 Å². The van der Waals surface area contributed by atoms with Gasteiger partial charge in [0.2, 0.25) is 0 Å². The molecule has 4 rings (SSSR count). The van der Waals surface area contributed by atoms with Gasteiger partial charge in [0.05, 0.1) is 18.9 Å². The van der Waals surface area contributed by atoms with Crippen molar-refractivity contribution in [3.05, 3.63) is 59.4 Å². The first-order valence-corrected chi connectivity index (χ1v) is 11.5. The summed E-state index contributed by atoms with van der Waals surface area (Å²) >= 11 is 0. The second kappa shape index (κ2) is 10.2. The summed E-state index contributed by atoms with van der Waals surface area (Å²) in [5.41, 5.74) is 4.53. The van der Waals surface area contributed by atoms with Crippen LogP contribution in [0.5, 0.6) is 0 Å². The number of morpholine rings is 1. The maximum Gasteiger partial charge on any atom is 0.251 e. The SMILES string of the molecule is Cc1ccc(-c2cc(C(=O)N[C@H](C)CN3CCOCC3)cc(-n3nnnc3C(C)C)c2)cc1. The molecule has 1 aliphatic heterocycles. The largest absolute Gasteiger partial charge is 0.379 e. The summed E-state index contributed by atoms with van der Waals surface area (Å²) in [5.74, 6) is 0.794. The molecule has 0 radical (unpaired) electrons. The lowest BCUT2D eigenvalue weighted by atomic mass is 10.00. The lowest BCUT2D eigenvalue weighted by molar-refractivity contribution is 0.0342. The molecule has 0 spiro atoms. The average molecular weight is 449 g/mol. The summed E-state index contributed by atoms with van der Waals surface area (Å²) in [5, 5.41) is 15.4. The first-order valence-electron chi connectivity index (χ1n) is 11.5. The van der Waals surface area contributed by atoms with Crippen molar-refractivity contribution in [2.75, 3.05) is 32.8 Å². The third-order valence-corrected chi connectivity index (χ3v) is 5.83. The van der Waals surface area contributed by atoms with Gasteiger partial charge in [0.1, 0.15) is 0 Å². The number of nitrogens with zero attached hydrogens (tertiary/aromatic N) is 5. The molecule has 8 nitrogen and oxygen atoms in total. The molecule has 1 fully saturated rings. The molecule has 0 aliphatic carbocycles. The van der Waals surface area contributed by atoms with Gasteiger partial charge in [-0.1, -0.05) is 43.7 Å². The summed E-state index contributed by atoms with van der Waals surface area (Å²) in [6.45, 7) is 12.3. The molecule has 174 valence electrons. The van der Waals surface area contributed by atoms with Crippen molar-refractivity contribution in [3.8, 4) is 16.8 Å². The zero-order valence-corrected chi connectivity index (χ0v) is 19.8. The molecule has 0 saturated carbocycles. The Bertz CT molecular complexity index is 1090. The highest BCUT2D eigenvalue weighted by molar-refractivity contribution is 5.96. The number of hydrogen-bond donors (Lipinski definition) is 1. The molecule has 1 atom stereocenters. The third-order valence-electron chi connectivity index (χ3n) is 5.83. The van der Waals surface area contributed by atoms with E-state index in [1.54, 1.807) is 4.68 Å². The first-order chi connectivity index (χ1) is 15.9. The van der Waals surface area contributed by atoms with E-state index in [4.69, 9.17) is 4.74 Å². The Kier molecular flexibility index (Phi) is 7.15.